The summed E-state index contributed by atoms with van der Waals surface area (Å²) in [6, 6.07) is 2.69. The molecule has 0 saturated carbocycles. The van der Waals surface area contributed by atoms with Gasteiger partial charge in [0.15, 0.2) is 0 Å². The number of hydrogen-bond acceptors (Lipinski definition) is 3. The zero-order chi connectivity index (χ0) is 17.3. The van der Waals surface area contributed by atoms with Crippen LogP contribution in [-0.2, 0) is 9.53 Å². The van der Waals surface area contributed by atoms with Crippen molar-refractivity contribution in [2.24, 2.45) is 5.92 Å². The number of halogens is 3. The minimum absolute atomic E-state index is 0.0150. The van der Waals surface area contributed by atoms with Crippen molar-refractivity contribution in [2.45, 2.75) is 18.9 Å². The Kier molecular flexibility index (Phi) is 5.65. The third-order valence-corrected chi connectivity index (χ3v) is 5.45. The smallest absolute Gasteiger partial charge is 0.225 e. The molecule has 1 atom stereocenters. The topological polar surface area (TPSA) is 32.8 Å². The van der Waals surface area contributed by atoms with Crippen LogP contribution in [-0.4, -0.2) is 55.5 Å². The molecule has 4 nitrogen and oxygen atoms in total. The van der Waals surface area contributed by atoms with Gasteiger partial charge in [0.1, 0.15) is 11.9 Å². The molecule has 0 aliphatic carbocycles. The van der Waals surface area contributed by atoms with Gasteiger partial charge in [0, 0.05) is 23.0 Å². The van der Waals surface area contributed by atoms with Crippen LogP contribution in [0.15, 0.2) is 12.1 Å². The van der Waals surface area contributed by atoms with Gasteiger partial charge in [-0.05, 0) is 45.1 Å². The summed E-state index contributed by atoms with van der Waals surface area (Å²) in [5, 5.41) is 0.346. The maximum absolute atomic E-state index is 13.8. The summed E-state index contributed by atoms with van der Waals surface area (Å²) in [6.45, 7) is 3.27. The Hall–Kier alpha value is -0.880. The number of hydrogen-bond donors (Lipinski definition) is 0. The summed E-state index contributed by atoms with van der Waals surface area (Å²) in [6.07, 6.45) is 1.34. The van der Waals surface area contributed by atoms with Gasteiger partial charge >= 0.3 is 0 Å². The van der Waals surface area contributed by atoms with Crippen LogP contribution in [0.25, 0.3) is 0 Å². The van der Waals surface area contributed by atoms with Crippen molar-refractivity contribution in [1.29, 1.82) is 0 Å². The van der Waals surface area contributed by atoms with Gasteiger partial charge in [-0.1, -0.05) is 23.2 Å². The highest BCUT2D eigenvalue weighted by Crippen LogP contribution is 2.33. The molecule has 1 aromatic rings. The van der Waals surface area contributed by atoms with Gasteiger partial charge in [0.25, 0.3) is 0 Å². The molecule has 2 aliphatic heterocycles. The molecule has 2 fully saturated rings. The van der Waals surface area contributed by atoms with Crippen molar-refractivity contribution < 1.29 is 13.9 Å². The molecular formula is C17H21Cl2FN2O2. The average Bonchev–Trinajstić information content (AvgIpc) is 2.58. The number of likely N-dealkylation sites (tertiary alicyclic amines) is 1. The molecule has 24 heavy (non-hydrogen) atoms. The van der Waals surface area contributed by atoms with Crippen LogP contribution in [0.4, 0.5) is 4.39 Å². The van der Waals surface area contributed by atoms with Crippen molar-refractivity contribution in [1.82, 2.24) is 9.80 Å². The fraction of sp³-hybridized carbons (Fsp3) is 0.588. The van der Waals surface area contributed by atoms with Crippen LogP contribution in [0.2, 0.25) is 10.0 Å². The Labute approximate surface area is 151 Å². The van der Waals surface area contributed by atoms with Crippen molar-refractivity contribution in [2.75, 3.05) is 39.8 Å². The Bertz CT molecular complexity index is 621. The van der Waals surface area contributed by atoms with E-state index in [4.69, 9.17) is 27.9 Å². The van der Waals surface area contributed by atoms with Gasteiger partial charge in [-0.3, -0.25) is 4.79 Å². The van der Waals surface area contributed by atoms with E-state index in [1.54, 1.807) is 0 Å². The van der Waals surface area contributed by atoms with Gasteiger partial charge in [-0.25, -0.2) is 4.39 Å². The second kappa shape index (κ2) is 7.56. The highest BCUT2D eigenvalue weighted by Gasteiger charge is 2.32. The second-order valence-corrected chi connectivity index (χ2v) is 7.32. The molecule has 0 aromatic heterocycles. The number of nitrogens with zero attached hydrogens (tertiary/aromatic N) is 2. The van der Waals surface area contributed by atoms with Crippen molar-refractivity contribution in [3.63, 3.8) is 0 Å². The number of ether oxygens (including phenoxy) is 1. The third kappa shape index (κ3) is 3.85. The first-order chi connectivity index (χ1) is 11.5. The van der Waals surface area contributed by atoms with Crippen LogP contribution in [0.5, 0.6) is 0 Å². The predicted molar refractivity (Wildman–Crippen MR) is 91.9 cm³/mol. The molecule has 2 heterocycles. The van der Waals surface area contributed by atoms with Crippen LogP contribution in [0.3, 0.4) is 0 Å². The van der Waals surface area contributed by atoms with E-state index in [1.807, 2.05) is 4.90 Å². The van der Waals surface area contributed by atoms with Crippen molar-refractivity contribution >= 4 is 29.1 Å². The average molecular weight is 375 g/mol. The third-order valence-electron chi connectivity index (χ3n) is 4.83. The standard InChI is InChI=1S/C17H21Cl2FN2O2/c1-21-4-2-11(3-5-21)17(23)22-6-7-24-16(10-22)12-8-15(20)14(19)9-13(12)18/h8-9,11,16H,2-7,10H2,1H3. The Balaban J connectivity index is 1.70. The zero-order valence-electron chi connectivity index (χ0n) is 13.6. The number of carbonyl (C=O) groups excluding carboxylic acids is 1. The van der Waals surface area contributed by atoms with E-state index in [2.05, 4.69) is 11.9 Å². The van der Waals surface area contributed by atoms with E-state index < -0.39 is 11.9 Å². The molecule has 7 heteroatoms. The summed E-state index contributed by atoms with van der Waals surface area (Å²) in [7, 11) is 2.07. The van der Waals surface area contributed by atoms with Crippen molar-refractivity contribution in [3.05, 3.63) is 33.6 Å². The lowest BCUT2D eigenvalue weighted by Gasteiger charge is -2.37. The predicted octanol–water partition coefficient (Wildman–Crippen LogP) is 3.37. The maximum atomic E-state index is 13.8. The molecule has 0 N–H and O–H groups in total. The monoisotopic (exact) mass is 374 g/mol. The van der Waals surface area contributed by atoms with E-state index in [9.17, 15) is 9.18 Å². The molecule has 0 bridgehead atoms. The first-order valence-electron chi connectivity index (χ1n) is 8.19. The number of morpholine rings is 1. The number of amides is 1. The second-order valence-electron chi connectivity index (χ2n) is 6.51. The Morgan fingerprint density at radius 3 is 2.62 bits per heavy atom. The quantitative estimate of drug-likeness (QED) is 0.743. The van der Waals surface area contributed by atoms with Crippen molar-refractivity contribution in [3.8, 4) is 0 Å². The summed E-state index contributed by atoms with van der Waals surface area (Å²) in [4.78, 5) is 16.8. The highest BCUT2D eigenvalue weighted by atomic mass is 35.5. The zero-order valence-corrected chi connectivity index (χ0v) is 15.1. The van der Waals surface area contributed by atoms with Gasteiger partial charge in [-0.2, -0.15) is 0 Å². The summed E-state index contributed by atoms with van der Waals surface area (Å²) >= 11 is 11.9. The Morgan fingerprint density at radius 2 is 1.92 bits per heavy atom. The van der Waals surface area contributed by atoms with E-state index in [-0.39, 0.29) is 16.8 Å². The first-order valence-corrected chi connectivity index (χ1v) is 8.94. The summed E-state index contributed by atoms with van der Waals surface area (Å²) < 4.78 is 19.5. The lowest BCUT2D eigenvalue weighted by molar-refractivity contribution is -0.144. The maximum Gasteiger partial charge on any atom is 0.225 e. The molecule has 2 aliphatic rings. The normalized spacial score (nSPS) is 23.5. The van der Waals surface area contributed by atoms with E-state index >= 15 is 0 Å². The largest absolute Gasteiger partial charge is 0.370 e. The van der Waals surface area contributed by atoms with Crippen LogP contribution in [0, 0.1) is 11.7 Å². The molecule has 3 rings (SSSR count). The van der Waals surface area contributed by atoms with Crippen LogP contribution in [0.1, 0.15) is 24.5 Å². The number of rotatable bonds is 2. The summed E-state index contributed by atoms with van der Waals surface area (Å²) in [5.74, 6) is -0.294. The molecular weight excluding hydrogens is 354 g/mol. The van der Waals surface area contributed by atoms with E-state index in [0.29, 0.717) is 30.3 Å². The first kappa shape index (κ1) is 17.9. The molecule has 1 aromatic carbocycles. The molecule has 0 spiro atoms. The molecule has 0 radical (unpaired) electrons. The minimum atomic E-state index is -0.529. The van der Waals surface area contributed by atoms with Gasteiger partial charge in [-0.15, -0.1) is 0 Å². The van der Waals surface area contributed by atoms with Crippen LogP contribution >= 0.6 is 23.2 Å². The fourth-order valence-electron chi connectivity index (χ4n) is 3.34. The number of piperidine rings is 1. The summed E-state index contributed by atoms with van der Waals surface area (Å²) in [5.41, 5.74) is 0.541. The number of benzene rings is 1. The van der Waals surface area contributed by atoms with Gasteiger partial charge < -0.3 is 14.5 Å². The van der Waals surface area contributed by atoms with E-state index in [1.165, 1.54) is 12.1 Å². The van der Waals surface area contributed by atoms with Gasteiger partial charge in [0.2, 0.25) is 5.91 Å². The lowest BCUT2D eigenvalue weighted by Crippen LogP contribution is -2.47. The molecule has 1 amide bonds. The molecule has 2 saturated heterocycles. The minimum Gasteiger partial charge on any atom is -0.370 e. The molecule has 132 valence electrons. The van der Waals surface area contributed by atoms with E-state index in [0.717, 1.165) is 25.9 Å². The molecule has 1 unspecified atom stereocenters. The number of carbonyl (C=O) groups is 1. The van der Waals surface area contributed by atoms with Crippen LogP contribution < -0.4 is 0 Å². The SMILES string of the molecule is CN1CCC(C(=O)N2CCOC(c3cc(F)c(Cl)cc3Cl)C2)CC1. The van der Waals surface area contributed by atoms with Gasteiger partial charge in [0.05, 0.1) is 18.2 Å². The highest BCUT2D eigenvalue weighted by molar-refractivity contribution is 6.35. The lowest BCUT2D eigenvalue weighted by atomic mass is 9.95. The fourth-order valence-corrected chi connectivity index (χ4v) is 3.84. The Morgan fingerprint density at radius 1 is 1.21 bits per heavy atom.